The molecular formula is C16H22N4OS. The van der Waals surface area contributed by atoms with Crippen molar-refractivity contribution < 1.29 is 4.79 Å². The summed E-state index contributed by atoms with van der Waals surface area (Å²) in [5.74, 6) is 0.793. The van der Waals surface area contributed by atoms with Gasteiger partial charge in [-0.25, -0.2) is 4.68 Å². The largest absolute Gasteiger partial charge is 0.310 e. The van der Waals surface area contributed by atoms with E-state index < -0.39 is 0 Å². The quantitative estimate of drug-likeness (QED) is 0.943. The van der Waals surface area contributed by atoms with Crippen molar-refractivity contribution in [2.24, 2.45) is 0 Å². The van der Waals surface area contributed by atoms with Crippen LogP contribution in [0.3, 0.4) is 0 Å². The molecule has 0 fully saturated rings. The van der Waals surface area contributed by atoms with E-state index in [1.807, 2.05) is 29.0 Å². The van der Waals surface area contributed by atoms with Crippen LogP contribution in [-0.4, -0.2) is 33.2 Å². The molecule has 0 saturated heterocycles. The fourth-order valence-electron chi connectivity index (χ4n) is 2.82. The van der Waals surface area contributed by atoms with Gasteiger partial charge in [-0.3, -0.25) is 9.69 Å². The first-order chi connectivity index (χ1) is 10.6. The van der Waals surface area contributed by atoms with Gasteiger partial charge in [0.25, 0.3) is 0 Å². The summed E-state index contributed by atoms with van der Waals surface area (Å²) in [5, 5.41) is 9.40. The predicted molar refractivity (Wildman–Crippen MR) is 89.1 cm³/mol. The molecule has 0 aromatic carbocycles. The summed E-state index contributed by atoms with van der Waals surface area (Å²) >= 11 is 1.82. The zero-order valence-electron chi connectivity index (χ0n) is 13.2. The van der Waals surface area contributed by atoms with Gasteiger partial charge >= 0.3 is 0 Å². The third kappa shape index (κ3) is 2.94. The third-order valence-electron chi connectivity index (χ3n) is 4.18. The van der Waals surface area contributed by atoms with Crippen LogP contribution < -0.4 is 5.32 Å². The first-order valence-electron chi connectivity index (χ1n) is 7.70. The molecule has 3 heterocycles. The Balaban J connectivity index is 1.66. The van der Waals surface area contributed by atoms with E-state index in [0.717, 1.165) is 25.3 Å². The van der Waals surface area contributed by atoms with Crippen LogP contribution in [0.1, 0.15) is 37.3 Å². The molecule has 0 radical (unpaired) electrons. The zero-order valence-corrected chi connectivity index (χ0v) is 14.1. The summed E-state index contributed by atoms with van der Waals surface area (Å²) in [6, 6.07) is 4.09. The van der Waals surface area contributed by atoms with Crippen LogP contribution in [0, 0.1) is 0 Å². The molecule has 1 unspecified atom stereocenters. The Bertz CT molecular complexity index is 661. The molecule has 0 saturated carbocycles. The molecule has 1 aliphatic rings. The summed E-state index contributed by atoms with van der Waals surface area (Å²) in [6.07, 6.45) is 2.76. The minimum absolute atomic E-state index is 0.0288. The molecule has 2 aromatic rings. The standard InChI is InChI=1S/C16H22N4OS/c1-11(2)20-15(4-7-17-20)18-16(21)12(3)19-8-5-14-13(10-19)6-9-22-14/h4,6-7,9,11-12H,5,8,10H2,1-3H3,(H,18,21). The van der Waals surface area contributed by atoms with Gasteiger partial charge in [0.1, 0.15) is 5.82 Å². The Labute approximate surface area is 134 Å². The number of amides is 1. The number of aromatic nitrogens is 2. The van der Waals surface area contributed by atoms with Crippen molar-refractivity contribution in [3.8, 4) is 0 Å². The number of hydrogen-bond acceptors (Lipinski definition) is 4. The molecule has 6 heteroatoms. The molecule has 0 aliphatic carbocycles. The average molecular weight is 318 g/mol. The van der Waals surface area contributed by atoms with E-state index in [-0.39, 0.29) is 18.0 Å². The van der Waals surface area contributed by atoms with Gasteiger partial charge in [0.05, 0.1) is 12.2 Å². The van der Waals surface area contributed by atoms with Gasteiger partial charge < -0.3 is 5.32 Å². The van der Waals surface area contributed by atoms with Crippen molar-refractivity contribution >= 4 is 23.1 Å². The minimum atomic E-state index is -0.149. The number of nitrogens with zero attached hydrogens (tertiary/aromatic N) is 3. The van der Waals surface area contributed by atoms with Crippen LogP contribution in [0.2, 0.25) is 0 Å². The van der Waals surface area contributed by atoms with Crippen LogP contribution in [0.15, 0.2) is 23.7 Å². The van der Waals surface area contributed by atoms with Crippen molar-refractivity contribution in [1.29, 1.82) is 0 Å². The van der Waals surface area contributed by atoms with E-state index in [0.29, 0.717) is 0 Å². The van der Waals surface area contributed by atoms with E-state index in [2.05, 4.69) is 40.6 Å². The smallest absolute Gasteiger partial charge is 0.242 e. The van der Waals surface area contributed by atoms with Crippen LogP contribution >= 0.6 is 11.3 Å². The van der Waals surface area contributed by atoms with Gasteiger partial charge in [-0.15, -0.1) is 11.3 Å². The summed E-state index contributed by atoms with van der Waals surface area (Å²) in [5.41, 5.74) is 1.36. The minimum Gasteiger partial charge on any atom is -0.310 e. The van der Waals surface area contributed by atoms with E-state index >= 15 is 0 Å². The van der Waals surface area contributed by atoms with Gasteiger partial charge in [0.2, 0.25) is 5.91 Å². The number of hydrogen-bond donors (Lipinski definition) is 1. The zero-order chi connectivity index (χ0) is 15.7. The second-order valence-corrected chi connectivity index (χ2v) is 7.01. The lowest BCUT2D eigenvalue weighted by Gasteiger charge is -2.31. The SMILES string of the molecule is CC(C(=O)Nc1ccnn1C(C)C)N1CCc2sccc2C1. The molecule has 118 valence electrons. The lowest BCUT2D eigenvalue weighted by atomic mass is 10.1. The van der Waals surface area contributed by atoms with Crippen LogP contribution in [-0.2, 0) is 17.8 Å². The monoisotopic (exact) mass is 318 g/mol. The highest BCUT2D eigenvalue weighted by molar-refractivity contribution is 7.10. The third-order valence-corrected chi connectivity index (χ3v) is 5.20. The first-order valence-corrected chi connectivity index (χ1v) is 8.58. The maximum atomic E-state index is 12.5. The number of carbonyl (C=O) groups is 1. The molecule has 3 rings (SSSR count). The highest BCUT2D eigenvalue weighted by Gasteiger charge is 2.26. The fourth-order valence-corrected chi connectivity index (χ4v) is 3.71. The van der Waals surface area contributed by atoms with E-state index in [1.165, 1.54) is 10.4 Å². The Morgan fingerprint density at radius 1 is 1.36 bits per heavy atom. The number of rotatable bonds is 4. The molecular weight excluding hydrogens is 296 g/mol. The first kappa shape index (κ1) is 15.2. The molecule has 1 N–H and O–H groups in total. The lowest BCUT2D eigenvalue weighted by molar-refractivity contribution is -0.121. The second kappa shape index (κ2) is 6.22. The summed E-state index contributed by atoms with van der Waals surface area (Å²) in [6.45, 7) is 7.87. The Hall–Kier alpha value is -1.66. The van der Waals surface area contributed by atoms with Gasteiger partial charge in [-0.1, -0.05) is 0 Å². The van der Waals surface area contributed by atoms with Gasteiger partial charge in [0.15, 0.2) is 0 Å². The van der Waals surface area contributed by atoms with Crippen molar-refractivity contribution in [2.45, 2.75) is 45.8 Å². The normalized spacial score (nSPS) is 16.5. The number of anilines is 1. The van der Waals surface area contributed by atoms with E-state index in [9.17, 15) is 4.79 Å². The molecule has 2 aromatic heterocycles. The van der Waals surface area contributed by atoms with Gasteiger partial charge in [-0.05, 0) is 44.2 Å². The molecule has 5 nitrogen and oxygen atoms in total. The van der Waals surface area contributed by atoms with E-state index in [4.69, 9.17) is 0 Å². The second-order valence-electron chi connectivity index (χ2n) is 6.01. The summed E-state index contributed by atoms with van der Waals surface area (Å²) in [4.78, 5) is 16.2. The van der Waals surface area contributed by atoms with E-state index in [1.54, 1.807) is 6.20 Å². The van der Waals surface area contributed by atoms with Crippen molar-refractivity contribution in [1.82, 2.24) is 14.7 Å². The maximum absolute atomic E-state index is 12.5. The molecule has 0 spiro atoms. The van der Waals surface area contributed by atoms with Crippen LogP contribution in [0.4, 0.5) is 5.82 Å². The van der Waals surface area contributed by atoms with Crippen molar-refractivity contribution in [2.75, 3.05) is 11.9 Å². The summed E-state index contributed by atoms with van der Waals surface area (Å²) < 4.78 is 1.83. The number of thiophene rings is 1. The molecule has 1 amide bonds. The number of fused-ring (bicyclic) bond motifs is 1. The molecule has 0 bridgehead atoms. The highest BCUT2D eigenvalue weighted by Crippen LogP contribution is 2.25. The van der Waals surface area contributed by atoms with Gasteiger partial charge in [-0.2, -0.15) is 5.10 Å². The van der Waals surface area contributed by atoms with Crippen molar-refractivity contribution in [3.63, 3.8) is 0 Å². The molecule has 1 atom stereocenters. The number of carbonyl (C=O) groups excluding carboxylic acids is 1. The molecule has 22 heavy (non-hydrogen) atoms. The van der Waals surface area contributed by atoms with Crippen LogP contribution in [0.5, 0.6) is 0 Å². The lowest BCUT2D eigenvalue weighted by Crippen LogP contribution is -2.44. The Morgan fingerprint density at radius 2 is 2.18 bits per heavy atom. The average Bonchev–Trinajstić information content (AvgIpc) is 3.13. The van der Waals surface area contributed by atoms with Gasteiger partial charge in [0, 0.05) is 30.1 Å². The topological polar surface area (TPSA) is 50.2 Å². The fraction of sp³-hybridized carbons (Fsp3) is 0.500. The Kier molecular flexibility index (Phi) is 4.31. The summed E-state index contributed by atoms with van der Waals surface area (Å²) in [7, 11) is 0. The molecule has 1 aliphatic heterocycles. The van der Waals surface area contributed by atoms with Crippen LogP contribution in [0.25, 0.3) is 0 Å². The maximum Gasteiger partial charge on any atom is 0.242 e. The van der Waals surface area contributed by atoms with Crippen molar-refractivity contribution in [3.05, 3.63) is 34.2 Å². The predicted octanol–water partition coefficient (Wildman–Crippen LogP) is 2.91. The highest BCUT2D eigenvalue weighted by atomic mass is 32.1. The number of nitrogens with one attached hydrogen (secondary N) is 1. The Morgan fingerprint density at radius 3 is 2.95 bits per heavy atom.